The molecule has 35 heavy (non-hydrogen) atoms. The molecule has 2 aromatic carbocycles. The number of allylic oxidation sites excluding steroid dienone is 1. The zero-order valence-corrected chi connectivity index (χ0v) is 21.8. The van der Waals surface area contributed by atoms with E-state index >= 15 is 0 Å². The first-order chi connectivity index (χ1) is 16.9. The van der Waals surface area contributed by atoms with Crippen molar-refractivity contribution >= 4 is 68.4 Å². The van der Waals surface area contributed by atoms with Crippen LogP contribution in [0.2, 0.25) is 0 Å². The highest BCUT2D eigenvalue weighted by Gasteiger charge is 2.38. The lowest BCUT2D eigenvalue weighted by Crippen LogP contribution is -2.36. The molecule has 1 aromatic heterocycles. The lowest BCUT2D eigenvalue weighted by Gasteiger charge is -2.18. The number of carbonyl (C=O) groups excluding carboxylic acids is 1. The van der Waals surface area contributed by atoms with Crippen LogP contribution in [-0.4, -0.2) is 41.7 Å². The number of thioether (sulfide) groups is 1. The molecule has 3 heterocycles. The van der Waals surface area contributed by atoms with Gasteiger partial charge in [0.25, 0.3) is 11.5 Å². The number of benzene rings is 2. The van der Waals surface area contributed by atoms with Gasteiger partial charge in [-0.15, -0.1) is 17.9 Å². The fourth-order valence-corrected chi connectivity index (χ4v) is 6.81. The predicted molar refractivity (Wildman–Crippen MR) is 146 cm³/mol. The molecule has 0 radical (unpaired) electrons. The number of thiazole rings is 1. The van der Waals surface area contributed by atoms with Crippen LogP contribution in [-0.2, 0) is 11.3 Å². The molecule has 1 saturated heterocycles. The molecule has 2 aliphatic rings. The first kappa shape index (κ1) is 23.4. The van der Waals surface area contributed by atoms with Gasteiger partial charge in [0, 0.05) is 37.3 Å². The smallest absolute Gasteiger partial charge is 0.279 e. The molecule has 0 bridgehead atoms. The molecule has 0 atom stereocenters. The van der Waals surface area contributed by atoms with Crippen LogP contribution in [0.25, 0.3) is 10.7 Å². The van der Waals surface area contributed by atoms with Crippen molar-refractivity contribution in [1.82, 2.24) is 9.47 Å². The Hall–Kier alpha value is -3.34. The van der Waals surface area contributed by atoms with Crippen LogP contribution in [0, 0.1) is 0 Å². The summed E-state index contributed by atoms with van der Waals surface area (Å²) in [4.78, 5) is 33.3. The van der Waals surface area contributed by atoms with Crippen molar-refractivity contribution < 1.29 is 9.53 Å². The Kier molecular flexibility index (Phi) is 6.04. The SMILES string of the molecule is C=CCn1c(=C2C(=O)N(C)C(=S)N2c2ccccc2)s/c(=C2\Sc3ccc(OC)cc3N2C)c1=O. The molecule has 0 spiro atoms. The maximum Gasteiger partial charge on any atom is 0.279 e. The number of likely N-dealkylation sites (N-methyl/N-ethyl adjacent to an activating group) is 1. The largest absolute Gasteiger partial charge is 0.497 e. The second-order valence-corrected chi connectivity index (χ2v) is 10.3. The number of nitrogens with zero attached hydrogens (tertiary/aromatic N) is 4. The van der Waals surface area contributed by atoms with E-state index in [0.717, 1.165) is 27.0 Å². The van der Waals surface area contributed by atoms with Crippen LogP contribution >= 0.6 is 35.3 Å². The minimum atomic E-state index is -0.255. The van der Waals surface area contributed by atoms with E-state index in [1.54, 1.807) is 29.7 Å². The minimum absolute atomic E-state index is 0.173. The molecule has 0 saturated carbocycles. The van der Waals surface area contributed by atoms with Crippen molar-refractivity contribution in [2.45, 2.75) is 11.4 Å². The van der Waals surface area contributed by atoms with Crippen molar-refractivity contribution in [3.8, 4) is 5.75 Å². The van der Waals surface area contributed by atoms with Crippen molar-refractivity contribution in [3.05, 3.63) is 80.7 Å². The Morgan fingerprint density at radius 3 is 2.51 bits per heavy atom. The number of aromatic nitrogens is 1. The van der Waals surface area contributed by atoms with Gasteiger partial charge in [0.2, 0.25) is 0 Å². The topological polar surface area (TPSA) is 58.0 Å². The number of amides is 1. The van der Waals surface area contributed by atoms with E-state index in [4.69, 9.17) is 17.0 Å². The van der Waals surface area contributed by atoms with Gasteiger partial charge in [-0.25, -0.2) is 0 Å². The highest BCUT2D eigenvalue weighted by molar-refractivity contribution is 8.08. The van der Waals surface area contributed by atoms with Crippen molar-refractivity contribution in [1.29, 1.82) is 0 Å². The second-order valence-electron chi connectivity index (χ2n) is 7.91. The summed E-state index contributed by atoms with van der Waals surface area (Å²) in [5.41, 5.74) is 1.92. The monoisotopic (exact) mass is 522 g/mol. The van der Waals surface area contributed by atoms with E-state index in [1.807, 2.05) is 60.5 Å². The van der Waals surface area contributed by atoms with Gasteiger partial charge < -0.3 is 9.64 Å². The summed E-state index contributed by atoms with van der Waals surface area (Å²) in [7, 11) is 5.21. The maximum absolute atomic E-state index is 13.7. The number of methoxy groups -OCH3 is 1. The molecule has 0 N–H and O–H groups in total. The van der Waals surface area contributed by atoms with Gasteiger partial charge in [-0.2, -0.15) is 0 Å². The molecular formula is C25H22N4O3S3. The molecule has 0 unspecified atom stereocenters. The Morgan fingerprint density at radius 2 is 1.83 bits per heavy atom. The van der Waals surface area contributed by atoms with Gasteiger partial charge in [0.1, 0.15) is 25.7 Å². The Morgan fingerprint density at radius 1 is 1.09 bits per heavy atom. The number of hydrogen-bond acceptors (Lipinski definition) is 7. The summed E-state index contributed by atoms with van der Waals surface area (Å²) >= 11 is 8.45. The van der Waals surface area contributed by atoms with Crippen LogP contribution in [0.4, 0.5) is 11.4 Å². The zero-order valence-electron chi connectivity index (χ0n) is 19.3. The average Bonchev–Trinajstić information content (AvgIpc) is 3.45. The number of hydrogen-bond donors (Lipinski definition) is 0. The quantitative estimate of drug-likeness (QED) is 0.386. The zero-order chi connectivity index (χ0) is 24.9. The summed E-state index contributed by atoms with van der Waals surface area (Å²) in [6, 6.07) is 15.3. The number of carbonyl (C=O) groups is 1. The summed E-state index contributed by atoms with van der Waals surface area (Å²) < 4.78 is 8.07. The Balaban J connectivity index is 1.81. The van der Waals surface area contributed by atoms with E-state index in [9.17, 15) is 9.59 Å². The molecule has 2 aliphatic heterocycles. The van der Waals surface area contributed by atoms with Crippen LogP contribution in [0.5, 0.6) is 5.75 Å². The summed E-state index contributed by atoms with van der Waals surface area (Å²) in [5.74, 6) is 0.491. The van der Waals surface area contributed by atoms with Crippen molar-refractivity contribution in [2.24, 2.45) is 0 Å². The highest BCUT2D eigenvalue weighted by atomic mass is 32.2. The van der Waals surface area contributed by atoms with Crippen LogP contribution in [0.15, 0.2) is 70.9 Å². The lowest BCUT2D eigenvalue weighted by atomic mass is 10.3. The van der Waals surface area contributed by atoms with Gasteiger partial charge >= 0.3 is 0 Å². The fourth-order valence-electron chi connectivity index (χ4n) is 4.06. The van der Waals surface area contributed by atoms with Gasteiger partial charge in [-0.05, 0) is 36.5 Å². The lowest BCUT2D eigenvalue weighted by molar-refractivity contribution is -0.119. The molecule has 3 aromatic rings. The molecule has 10 heteroatoms. The third-order valence-corrected chi connectivity index (χ3v) is 8.86. The van der Waals surface area contributed by atoms with Crippen molar-refractivity contribution in [2.75, 3.05) is 31.0 Å². The third kappa shape index (κ3) is 3.69. The summed E-state index contributed by atoms with van der Waals surface area (Å²) in [6.07, 6.45) is 1.66. The van der Waals surface area contributed by atoms with E-state index in [-0.39, 0.29) is 18.0 Å². The van der Waals surface area contributed by atoms with Gasteiger partial charge in [0.15, 0.2) is 5.11 Å². The fraction of sp³-hybridized carbons (Fsp3) is 0.160. The molecule has 178 valence electrons. The van der Waals surface area contributed by atoms with E-state index < -0.39 is 0 Å². The highest BCUT2D eigenvalue weighted by Crippen LogP contribution is 2.46. The predicted octanol–water partition coefficient (Wildman–Crippen LogP) is 2.78. The molecule has 5 rings (SSSR count). The minimum Gasteiger partial charge on any atom is -0.497 e. The Bertz CT molecular complexity index is 1560. The van der Waals surface area contributed by atoms with Gasteiger partial charge in [-0.1, -0.05) is 36.0 Å². The third-order valence-electron chi connectivity index (χ3n) is 5.85. The van der Waals surface area contributed by atoms with Gasteiger partial charge in [-0.3, -0.25) is 24.0 Å². The molecule has 1 amide bonds. The number of rotatable bonds is 4. The average molecular weight is 523 g/mol. The first-order valence-corrected chi connectivity index (χ1v) is 12.8. The van der Waals surface area contributed by atoms with Gasteiger partial charge in [0.05, 0.1) is 12.8 Å². The van der Waals surface area contributed by atoms with Crippen molar-refractivity contribution in [3.63, 3.8) is 0 Å². The summed E-state index contributed by atoms with van der Waals surface area (Å²) in [6.45, 7) is 4.10. The molecular weight excluding hydrogens is 501 g/mol. The number of thiocarbonyl (C=S) groups is 1. The summed E-state index contributed by atoms with van der Waals surface area (Å²) in [5, 5.41) is 1.17. The number of para-hydroxylation sites is 1. The Labute approximate surface area is 215 Å². The van der Waals surface area contributed by atoms with Crippen LogP contribution < -0.4 is 29.3 Å². The molecule has 7 nitrogen and oxygen atoms in total. The van der Waals surface area contributed by atoms with Crippen LogP contribution in [0.1, 0.15) is 0 Å². The maximum atomic E-state index is 13.7. The van der Waals surface area contributed by atoms with Crippen LogP contribution in [0.3, 0.4) is 0 Å². The van der Waals surface area contributed by atoms with E-state index in [1.165, 1.54) is 28.0 Å². The first-order valence-electron chi connectivity index (χ1n) is 10.7. The molecule has 0 aliphatic carbocycles. The normalized spacial score (nSPS) is 18.4. The standard InChI is InChI=1S/C25H22N4O3S3/c1-5-13-28-22(31)20(24-26(2)17-14-16(32-4)11-12-18(17)34-24)35-23(28)19-21(30)27(3)25(33)29(19)15-9-7-6-8-10-15/h5-12,14H,1,13H2,2-4H3/b23-19?,24-20-. The number of anilines is 2. The van der Waals surface area contributed by atoms with E-state index in [0.29, 0.717) is 20.0 Å². The van der Waals surface area contributed by atoms with E-state index in [2.05, 4.69) is 6.58 Å². The number of fused-ring (bicyclic) bond motifs is 1. The second kappa shape index (κ2) is 9.03. The molecule has 1 fully saturated rings. The number of ether oxygens (including phenoxy) is 1.